The highest BCUT2D eigenvalue weighted by Gasteiger charge is 2.39. The highest BCUT2D eigenvalue weighted by molar-refractivity contribution is 7.89. The third kappa shape index (κ3) is 5.57. The summed E-state index contributed by atoms with van der Waals surface area (Å²) in [6.07, 6.45) is -10.3. The number of hydrogen-bond donors (Lipinski definition) is 0. The lowest BCUT2D eigenvalue weighted by Crippen LogP contribution is -2.49. The lowest BCUT2D eigenvalue weighted by Gasteiger charge is -2.34. The molecule has 14 heteroatoms. The number of sulfonamides is 1. The number of nitrogens with zero attached hydrogens (tertiary/aromatic N) is 4. The van der Waals surface area contributed by atoms with E-state index < -0.39 is 38.4 Å². The molecule has 6 nitrogen and oxygen atoms in total. The van der Waals surface area contributed by atoms with Crippen LogP contribution in [0, 0.1) is 0 Å². The molecular weight excluding hydrogens is 534 g/mol. The van der Waals surface area contributed by atoms with Gasteiger partial charge in [0.2, 0.25) is 10.0 Å². The molecule has 36 heavy (non-hydrogen) atoms. The Morgan fingerprint density at radius 3 is 1.78 bits per heavy atom. The van der Waals surface area contributed by atoms with Crippen molar-refractivity contribution >= 4 is 27.4 Å². The molecule has 4 rings (SSSR count). The molecule has 0 spiro atoms. The Balaban J connectivity index is 1.51. The van der Waals surface area contributed by atoms with Crippen molar-refractivity contribution in [3.8, 4) is 11.3 Å². The van der Waals surface area contributed by atoms with Gasteiger partial charge in [0.15, 0.2) is 5.82 Å². The van der Waals surface area contributed by atoms with E-state index in [1.807, 2.05) is 0 Å². The number of piperazine rings is 1. The fraction of sp³-hybridized carbons (Fsp3) is 0.273. The maximum Gasteiger partial charge on any atom is 0.416 e. The minimum atomic E-state index is -5.15. The standard InChI is InChI=1S/C22H17ClF6N4O2S/c23-17-3-1-14(2-4-17)19-5-6-20(31-30-19)32-7-9-33(10-8-32)36(34,35)18-12-15(21(24,25)26)11-16(13-18)22(27,28)29/h1-6,11-13H,7-10H2. The highest BCUT2D eigenvalue weighted by Crippen LogP contribution is 2.38. The Hall–Kier alpha value is -2.90. The van der Waals surface area contributed by atoms with Crippen LogP contribution in [-0.4, -0.2) is 49.1 Å². The van der Waals surface area contributed by atoms with Crippen molar-refractivity contribution in [2.24, 2.45) is 0 Å². The minimum Gasteiger partial charge on any atom is -0.352 e. The summed E-state index contributed by atoms with van der Waals surface area (Å²) in [6, 6.07) is 10.7. The van der Waals surface area contributed by atoms with Gasteiger partial charge in [0, 0.05) is 36.8 Å². The molecule has 0 bridgehead atoms. The molecular formula is C22H17ClF6N4O2S. The third-order valence-corrected chi connectivity index (χ3v) is 7.68. The van der Waals surface area contributed by atoms with Crippen molar-refractivity contribution in [1.82, 2.24) is 14.5 Å². The van der Waals surface area contributed by atoms with E-state index in [0.717, 1.165) is 9.87 Å². The zero-order valence-corrected chi connectivity index (χ0v) is 19.8. The maximum atomic E-state index is 13.2. The molecule has 0 amide bonds. The molecule has 2 heterocycles. The third-order valence-electron chi connectivity index (χ3n) is 5.55. The van der Waals surface area contributed by atoms with Gasteiger partial charge in [0.1, 0.15) is 0 Å². The lowest BCUT2D eigenvalue weighted by molar-refractivity contribution is -0.143. The summed E-state index contributed by atoms with van der Waals surface area (Å²) in [5.41, 5.74) is -2.01. The van der Waals surface area contributed by atoms with E-state index in [1.165, 1.54) is 0 Å². The van der Waals surface area contributed by atoms with Crippen LogP contribution in [0.1, 0.15) is 11.1 Å². The molecule has 0 atom stereocenters. The van der Waals surface area contributed by atoms with Crippen molar-refractivity contribution in [2.75, 3.05) is 31.1 Å². The van der Waals surface area contributed by atoms with E-state index in [-0.39, 0.29) is 44.4 Å². The minimum absolute atomic E-state index is 0.108. The van der Waals surface area contributed by atoms with Gasteiger partial charge in [-0.2, -0.15) is 30.6 Å². The monoisotopic (exact) mass is 550 g/mol. The summed E-state index contributed by atoms with van der Waals surface area (Å²) >= 11 is 5.87. The zero-order valence-electron chi connectivity index (χ0n) is 18.2. The predicted molar refractivity (Wildman–Crippen MR) is 120 cm³/mol. The number of hydrogen-bond acceptors (Lipinski definition) is 5. The van der Waals surface area contributed by atoms with E-state index in [0.29, 0.717) is 16.5 Å². The van der Waals surface area contributed by atoms with Crippen LogP contribution in [-0.2, 0) is 22.4 Å². The van der Waals surface area contributed by atoms with Crippen molar-refractivity contribution in [2.45, 2.75) is 17.2 Å². The second-order valence-corrected chi connectivity index (χ2v) is 10.3. The fourth-order valence-corrected chi connectivity index (χ4v) is 5.27. The molecule has 3 aromatic rings. The first-order valence-electron chi connectivity index (χ1n) is 10.4. The van der Waals surface area contributed by atoms with Crippen LogP contribution in [0.25, 0.3) is 11.3 Å². The summed E-state index contributed by atoms with van der Waals surface area (Å²) < 4.78 is 106. The Morgan fingerprint density at radius 1 is 0.750 bits per heavy atom. The smallest absolute Gasteiger partial charge is 0.352 e. The lowest BCUT2D eigenvalue weighted by atomic mass is 10.1. The van der Waals surface area contributed by atoms with Crippen LogP contribution in [0.15, 0.2) is 59.5 Å². The van der Waals surface area contributed by atoms with Crippen molar-refractivity contribution < 1.29 is 34.8 Å². The molecule has 1 saturated heterocycles. The summed E-state index contributed by atoms with van der Waals surface area (Å²) in [7, 11) is -4.62. The molecule has 0 radical (unpaired) electrons. The first-order valence-corrected chi connectivity index (χ1v) is 12.2. The normalized spacial score (nSPS) is 15.8. The molecule has 0 unspecified atom stereocenters. The molecule has 0 saturated carbocycles. The Bertz CT molecular complexity index is 1310. The van der Waals surface area contributed by atoms with Gasteiger partial charge in [-0.3, -0.25) is 0 Å². The van der Waals surface area contributed by atoms with Gasteiger partial charge >= 0.3 is 12.4 Å². The number of rotatable bonds is 4. The zero-order chi connectivity index (χ0) is 26.3. The fourth-order valence-electron chi connectivity index (χ4n) is 3.65. The van der Waals surface area contributed by atoms with Gasteiger partial charge in [-0.1, -0.05) is 23.7 Å². The van der Waals surface area contributed by atoms with Gasteiger partial charge in [-0.05, 0) is 42.5 Å². The number of aromatic nitrogens is 2. The summed E-state index contributed by atoms with van der Waals surface area (Å²) in [5, 5.41) is 8.87. The van der Waals surface area contributed by atoms with Gasteiger partial charge in [-0.25, -0.2) is 8.42 Å². The number of anilines is 1. The average molecular weight is 551 g/mol. The van der Waals surface area contributed by atoms with E-state index in [4.69, 9.17) is 11.6 Å². The van der Waals surface area contributed by atoms with Crippen LogP contribution in [0.4, 0.5) is 32.2 Å². The van der Waals surface area contributed by atoms with Gasteiger partial charge in [0.25, 0.3) is 0 Å². The first kappa shape index (κ1) is 26.2. The highest BCUT2D eigenvalue weighted by atomic mass is 35.5. The number of benzene rings is 2. The Morgan fingerprint density at radius 2 is 1.31 bits per heavy atom. The van der Waals surface area contributed by atoms with Crippen LogP contribution < -0.4 is 4.90 Å². The van der Waals surface area contributed by atoms with Gasteiger partial charge in [-0.15, -0.1) is 10.2 Å². The van der Waals surface area contributed by atoms with E-state index in [9.17, 15) is 34.8 Å². The summed E-state index contributed by atoms with van der Waals surface area (Å²) in [5.74, 6) is 0.447. The first-order chi connectivity index (χ1) is 16.7. The number of halogens is 7. The van der Waals surface area contributed by atoms with Crippen molar-refractivity contribution in [1.29, 1.82) is 0 Å². The molecule has 1 aliphatic rings. The van der Waals surface area contributed by atoms with Crippen LogP contribution in [0.5, 0.6) is 0 Å². The largest absolute Gasteiger partial charge is 0.416 e. The van der Waals surface area contributed by atoms with Crippen molar-refractivity contribution in [3.05, 3.63) is 70.7 Å². The van der Waals surface area contributed by atoms with Crippen LogP contribution in [0.3, 0.4) is 0 Å². The molecule has 192 valence electrons. The predicted octanol–water partition coefficient (Wildman–Crippen LogP) is 5.35. The molecule has 0 aliphatic carbocycles. The van der Waals surface area contributed by atoms with E-state index in [1.54, 1.807) is 41.3 Å². The SMILES string of the molecule is O=S(=O)(c1cc(C(F)(F)F)cc(C(F)(F)F)c1)N1CCN(c2ccc(-c3ccc(Cl)cc3)nn2)CC1. The second-order valence-electron chi connectivity index (χ2n) is 7.92. The van der Waals surface area contributed by atoms with E-state index in [2.05, 4.69) is 10.2 Å². The quantitative estimate of drug-likeness (QED) is 0.410. The molecule has 1 fully saturated rings. The molecule has 2 aromatic carbocycles. The van der Waals surface area contributed by atoms with Crippen LogP contribution >= 0.6 is 11.6 Å². The number of alkyl halides is 6. The maximum absolute atomic E-state index is 13.2. The van der Waals surface area contributed by atoms with Gasteiger partial charge < -0.3 is 4.90 Å². The second kappa shape index (κ2) is 9.52. The van der Waals surface area contributed by atoms with Crippen LogP contribution in [0.2, 0.25) is 5.02 Å². The Kier molecular flexibility index (Phi) is 6.92. The Labute approximate surface area is 207 Å². The van der Waals surface area contributed by atoms with Crippen molar-refractivity contribution in [3.63, 3.8) is 0 Å². The van der Waals surface area contributed by atoms with Gasteiger partial charge in [0.05, 0.1) is 21.7 Å². The van der Waals surface area contributed by atoms with E-state index >= 15 is 0 Å². The summed E-state index contributed by atoms with van der Waals surface area (Å²) in [6.45, 7) is -0.111. The summed E-state index contributed by atoms with van der Waals surface area (Å²) in [4.78, 5) is 0.656. The molecule has 1 aromatic heterocycles. The average Bonchev–Trinajstić information content (AvgIpc) is 2.83. The topological polar surface area (TPSA) is 66.4 Å². The molecule has 0 N–H and O–H groups in total. The molecule has 1 aliphatic heterocycles.